The van der Waals surface area contributed by atoms with E-state index < -0.39 is 0 Å². The van der Waals surface area contributed by atoms with E-state index >= 15 is 0 Å². The molecule has 0 amide bonds. The summed E-state index contributed by atoms with van der Waals surface area (Å²) in [5.41, 5.74) is 0.764. The third-order valence-corrected chi connectivity index (χ3v) is 3.31. The molecule has 1 N–H and O–H groups in total. The molecule has 1 unspecified atom stereocenters. The van der Waals surface area contributed by atoms with Crippen LogP contribution in [0.5, 0.6) is 0 Å². The quantitative estimate of drug-likeness (QED) is 0.516. The second-order valence-electron chi connectivity index (χ2n) is 3.76. The first-order chi connectivity index (χ1) is 4.33. The minimum atomic E-state index is 0.764. The summed E-state index contributed by atoms with van der Waals surface area (Å²) in [6.45, 7) is 5.01. The predicted octanol–water partition coefficient (Wildman–Crippen LogP) is 1.40. The molecule has 1 aliphatic carbocycles. The van der Waals surface area contributed by atoms with Crippen molar-refractivity contribution >= 4 is 0 Å². The minimum Gasteiger partial charge on any atom is -0.316 e. The van der Waals surface area contributed by atoms with E-state index in [2.05, 4.69) is 12.2 Å². The molecule has 52 valence electrons. The number of nitrogens with one attached hydrogen (secondary N) is 1. The van der Waals surface area contributed by atoms with Crippen LogP contribution in [0.2, 0.25) is 0 Å². The molecular weight excluding hydrogens is 110 g/mol. The third-order valence-electron chi connectivity index (χ3n) is 3.31. The van der Waals surface area contributed by atoms with Crippen LogP contribution in [-0.2, 0) is 0 Å². The lowest BCUT2D eigenvalue weighted by atomic mass is 9.74. The Balaban J connectivity index is 2.09. The molecule has 0 radical (unpaired) electrons. The van der Waals surface area contributed by atoms with Gasteiger partial charge in [0.2, 0.25) is 0 Å². The standard InChI is InChI=1S/C8H15N/c1-7-3-2-4-8(7)5-9-6-8/h7,9H,2-6H2,1H3. The zero-order valence-electron chi connectivity index (χ0n) is 6.11. The van der Waals surface area contributed by atoms with Crippen molar-refractivity contribution in [2.45, 2.75) is 26.2 Å². The van der Waals surface area contributed by atoms with Crippen LogP contribution in [0.25, 0.3) is 0 Å². The number of hydrogen-bond donors (Lipinski definition) is 1. The number of hydrogen-bond acceptors (Lipinski definition) is 1. The summed E-state index contributed by atoms with van der Waals surface area (Å²) in [5.74, 6) is 0.999. The molecule has 1 heteroatoms. The van der Waals surface area contributed by atoms with Gasteiger partial charge in [0.25, 0.3) is 0 Å². The first-order valence-corrected chi connectivity index (χ1v) is 4.04. The maximum absolute atomic E-state index is 3.37. The molecule has 1 saturated carbocycles. The van der Waals surface area contributed by atoms with E-state index in [9.17, 15) is 0 Å². The van der Waals surface area contributed by atoms with Crippen LogP contribution in [0, 0.1) is 11.3 Å². The largest absolute Gasteiger partial charge is 0.316 e. The molecule has 0 aromatic rings. The molecule has 1 heterocycles. The Morgan fingerprint density at radius 2 is 2.22 bits per heavy atom. The summed E-state index contributed by atoms with van der Waals surface area (Å²) in [7, 11) is 0. The molecule has 0 aromatic heterocycles. The van der Waals surface area contributed by atoms with Crippen molar-refractivity contribution in [1.29, 1.82) is 0 Å². The van der Waals surface area contributed by atoms with Crippen LogP contribution in [0.1, 0.15) is 26.2 Å². The van der Waals surface area contributed by atoms with Gasteiger partial charge in [-0.25, -0.2) is 0 Å². The van der Waals surface area contributed by atoms with Crippen molar-refractivity contribution in [2.75, 3.05) is 13.1 Å². The third kappa shape index (κ3) is 0.644. The van der Waals surface area contributed by atoms with E-state index in [0.29, 0.717) is 0 Å². The monoisotopic (exact) mass is 125 g/mol. The Morgan fingerprint density at radius 1 is 1.44 bits per heavy atom. The molecule has 0 aromatic carbocycles. The number of rotatable bonds is 0. The molecule has 0 bridgehead atoms. The van der Waals surface area contributed by atoms with Gasteiger partial charge in [0, 0.05) is 13.1 Å². The van der Waals surface area contributed by atoms with Gasteiger partial charge in [-0.1, -0.05) is 19.8 Å². The molecule has 9 heavy (non-hydrogen) atoms. The smallest absolute Gasteiger partial charge is 0.00228 e. The molecule has 1 saturated heterocycles. The lowest BCUT2D eigenvalue weighted by molar-refractivity contribution is 0.120. The zero-order valence-corrected chi connectivity index (χ0v) is 6.11. The molecule has 2 aliphatic rings. The fourth-order valence-electron chi connectivity index (χ4n) is 2.28. The second kappa shape index (κ2) is 1.72. The molecular formula is C8H15N. The van der Waals surface area contributed by atoms with Crippen molar-refractivity contribution in [3.05, 3.63) is 0 Å². The SMILES string of the molecule is CC1CCCC12CNC2. The predicted molar refractivity (Wildman–Crippen MR) is 38.3 cm³/mol. The van der Waals surface area contributed by atoms with E-state index in [1.807, 2.05) is 0 Å². The van der Waals surface area contributed by atoms with Crippen LogP contribution in [-0.4, -0.2) is 13.1 Å². The van der Waals surface area contributed by atoms with Gasteiger partial charge in [0.05, 0.1) is 0 Å². The maximum Gasteiger partial charge on any atom is 0.00228 e. The van der Waals surface area contributed by atoms with Gasteiger partial charge in [-0.05, 0) is 17.8 Å². The van der Waals surface area contributed by atoms with E-state index in [0.717, 1.165) is 11.3 Å². The Bertz CT molecular complexity index is 116. The van der Waals surface area contributed by atoms with Crippen molar-refractivity contribution in [1.82, 2.24) is 5.32 Å². The molecule has 2 fully saturated rings. The van der Waals surface area contributed by atoms with Crippen molar-refractivity contribution in [2.24, 2.45) is 11.3 Å². The fourth-order valence-corrected chi connectivity index (χ4v) is 2.28. The summed E-state index contributed by atoms with van der Waals surface area (Å²) in [6, 6.07) is 0. The van der Waals surface area contributed by atoms with E-state index in [1.54, 1.807) is 0 Å². The average molecular weight is 125 g/mol. The van der Waals surface area contributed by atoms with Gasteiger partial charge < -0.3 is 5.32 Å². The minimum absolute atomic E-state index is 0.764. The topological polar surface area (TPSA) is 12.0 Å². The summed E-state index contributed by atoms with van der Waals surface area (Å²) in [4.78, 5) is 0. The summed E-state index contributed by atoms with van der Waals surface area (Å²) >= 11 is 0. The normalized spacial score (nSPS) is 39.0. The Morgan fingerprint density at radius 3 is 2.44 bits per heavy atom. The van der Waals surface area contributed by atoms with Gasteiger partial charge in [0.15, 0.2) is 0 Å². The van der Waals surface area contributed by atoms with Gasteiger partial charge in [-0.2, -0.15) is 0 Å². The highest BCUT2D eigenvalue weighted by Gasteiger charge is 2.44. The van der Waals surface area contributed by atoms with Crippen LogP contribution >= 0.6 is 0 Å². The maximum atomic E-state index is 3.37. The van der Waals surface area contributed by atoms with Gasteiger partial charge in [0.1, 0.15) is 0 Å². The Hall–Kier alpha value is -0.0400. The van der Waals surface area contributed by atoms with Crippen molar-refractivity contribution in [3.8, 4) is 0 Å². The molecule has 1 atom stereocenters. The van der Waals surface area contributed by atoms with Crippen LogP contribution in [0.3, 0.4) is 0 Å². The molecule has 2 rings (SSSR count). The van der Waals surface area contributed by atoms with Gasteiger partial charge in [-0.3, -0.25) is 0 Å². The highest BCUT2D eigenvalue weighted by atomic mass is 15.0. The van der Waals surface area contributed by atoms with Gasteiger partial charge in [-0.15, -0.1) is 0 Å². The van der Waals surface area contributed by atoms with E-state index in [-0.39, 0.29) is 0 Å². The van der Waals surface area contributed by atoms with Gasteiger partial charge >= 0.3 is 0 Å². The summed E-state index contributed by atoms with van der Waals surface area (Å²) in [6.07, 6.45) is 4.44. The Labute approximate surface area is 56.8 Å². The second-order valence-corrected chi connectivity index (χ2v) is 3.76. The highest BCUT2D eigenvalue weighted by Crippen LogP contribution is 2.45. The first-order valence-electron chi connectivity index (χ1n) is 4.04. The molecule has 1 nitrogen and oxygen atoms in total. The van der Waals surface area contributed by atoms with Crippen molar-refractivity contribution in [3.63, 3.8) is 0 Å². The lowest BCUT2D eigenvalue weighted by Gasteiger charge is -2.43. The fraction of sp³-hybridized carbons (Fsp3) is 1.00. The van der Waals surface area contributed by atoms with Crippen LogP contribution in [0.4, 0.5) is 0 Å². The summed E-state index contributed by atoms with van der Waals surface area (Å²) in [5, 5.41) is 3.37. The lowest BCUT2D eigenvalue weighted by Crippen LogP contribution is -2.54. The highest BCUT2D eigenvalue weighted by molar-refractivity contribution is 4.99. The molecule has 1 spiro atoms. The van der Waals surface area contributed by atoms with Crippen LogP contribution in [0.15, 0.2) is 0 Å². The average Bonchev–Trinajstić information content (AvgIpc) is 2.07. The summed E-state index contributed by atoms with van der Waals surface area (Å²) < 4.78 is 0. The Kier molecular flexibility index (Phi) is 1.10. The van der Waals surface area contributed by atoms with Crippen molar-refractivity contribution < 1.29 is 0 Å². The van der Waals surface area contributed by atoms with Crippen LogP contribution < -0.4 is 5.32 Å². The zero-order chi connectivity index (χ0) is 6.32. The van der Waals surface area contributed by atoms with E-state index in [1.165, 1.54) is 32.4 Å². The first kappa shape index (κ1) is 5.72. The van der Waals surface area contributed by atoms with E-state index in [4.69, 9.17) is 0 Å². The molecule has 1 aliphatic heterocycles.